The molecule has 2 saturated carbocycles. The van der Waals surface area contributed by atoms with E-state index in [1.165, 1.54) is 31.9 Å². The largest absolute Gasteiger partial charge is 0.492 e. The first-order valence-corrected chi connectivity index (χ1v) is 10.3. The van der Waals surface area contributed by atoms with E-state index in [9.17, 15) is 8.42 Å². The van der Waals surface area contributed by atoms with Gasteiger partial charge < -0.3 is 4.74 Å². The van der Waals surface area contributed by atoms with E-state index in [2.05, 4.69) is 5.10 Å². The van der Waals surface area contributed by atoms with E-state index in [1.54, 1.807) is 24.3 Å². The molecule has 128 valence electrons. The van der Waals surface area contributed by atoms with Crippen LogP contribution >= 0.6 is 0 Å². The van der Waals surface area contributed by atoms with Crippen molar-refractivity contribution < 1.29 is 13.2 Å². The molecule has 0 saturated heterocycles. The SMILES string of the molecule is CS(=O)(=O)c1cccc(OCCn2nc(C3CC3)nc2C2CC2)c1. The normalized spacial score (nSPS) is 17.9. The lowest BCUT2D eigenvalue weighted by Gasteiger charge is -2.09. The second-order valence-corrected chi connectivity index (χ2v) is 8.71. The van der Waals surface area contributed by atoms with Gasteiger partial charge in [-0.15, -0.1) is 0 Å². The predicted octanol–water partition coefficient (Wildman–Crippen LogP) is 2.52. The maximum Gasteiger partial charge on any atom is 0.175 e. The van der Waals surface area contributed by atoms with Gasteiger partial charge in [0.1, 0.15) is 18.2 Å². The fourth-order valence-electron chi connectivity index (χ4n) is 2.74. The minimum atomic E-state index is -3.22. The molecule has 0 spiro atoms. The van der Waals surface area contributed by atoms with Gasteiger partial charge in [-0.3, -0.25) is 0 Å². The van der Waals surface area contributed by atoms with Gasteiger partial charge in [-0.05, 0) is 43.9 Å². The highest BCUT2D eigenvalue weighted by Gasteiger charge is 2.34. The summed E-state index contributed by atoms with van der Waals surface area (Å²) in [7, 11) is -3.22. The van der Waals surface area contributed by atoms with Gasteiger partial charge in [-0.2, -0.15) is 5.10 Å². The summed E-state index contributed by atoms with van der Waals surface area (Å²) in [6, 6.07) is 6.61. The molecule has 0 aliphatic heterocycles. The molecule has 2 aliphatic carbocycles. The third-order valence-electron chi connectivity index (χ3n) is 4.41. The van der Waals surface area contributed by atoms with E-state index in [-0.39, 0.29) is 4.90 Å². The number of benzene rings is 1. The summed E-state index contributed by atoms with van der Waals surface area (Å²) in [4.78, 5) is 5.00. The monoisotopic (exact) mass is 347 g/mol. The molecule has 0 atom stereocenters. The second kappa shape index (κ2) is 5.88. The molecule has 0 radical (unpaired) electrons. The summed E-state index contributed by atoms with van der Waals surface area (Å²) < 4.78 is 30.9. The van der Waals surface area contributed by atoms with E-state index >= 15 is 0 Å². The molecule has 0 unspecified atom stereocenters. The zero-order valence-electron chi connectivity index (χ0n) is 13.7. The molecule has 2 aliphatic rings. The molecule has 1 aromatic heterocycles. The average molecular weight is 347 g/mol. The number of ether oxygens (including phenoxy) is 1. The average Bonchev–Trinajstić information content (AvgIpc) is 3.46. The van der Waals surface area contributed by atoms with Crippen molar-refractivity contribution in [2.45, 2.75) is 49.0 Å². The van der Waals surface area contributed by atoms with Crippen LogP contribution < -0.4 is 4.74 Å². The van der Waals surface area contributed by atoms with Crippen LogP contribution in [-0.4, -0.2) is 36.0 Å². The van der Waals surface area contributed by atoms with Crippen molar-refractivity contribution in [1.82, 2.24) is 14.8 Å². The van der Waals surface area contributed by atoms with Crippen LogP contribution in [0, 0.1) is 0 Å². The Balaban J connectivity index is 1.42. The van der Waals surface area contributed by atoms with Crippen molar-refractivity contribution >= 4 is 9.84 Å². The quantitative estimate of drug-likeness (QED) is 0.769. The molecule has 1 heterocycles. The number of hydrogen-bond donors (Lipinski definition) is 0. The van der Waals surface area contributed by atoms with Crippen molar-refractivity contribution in [3.05, 3.63) is 35.9 Å². The summed E-state index contributed by atoms with van der Waals surface area (Å²) in [5.41, 5.74) is 0. The van der Waals surface area contributed by atoms with Gasteiger partial charge in [0.2, 0.25) is 0 Å². The van der Waals surface area contributed by atoms with Crippen LogP contribution in [0.3, 0.4) is 0 Å². The Labute approximate surface area is 141 Å². The summed E-state index contributed by atoms with van der Waals surface area (Å²) in [5, 5.41) is 4.65. The molecular weight excluding hydrogens is 326 g/mol. The van der Waals surface area contributed by atoms with Crippen LogP contribution in [0.4, 0.5) is 0 Å². The van der Waals surface area contributed by atoms with Crippen LogP contribution in [-0.2, 0) is 16.4 Å². The van der Waals surface area contributed by atoms with Crippen molar-refractivity contribution in [2.75, 3.05) is 12.9 Å². The van der Waals surface area contributed by atoms with Gasteiger partial charge in [0.25, 0.3) is 0 Å². The maximum absolute atomic E-state index is 11.6. The van der Waals surface area contributed by atoms with Crippen LogP contribution in [0.1, 0.15) is 49.2 Å². The molecule has 6 nitrogen and oxygen atoms in total. The second-order valence-electron chi connectivity index (χ2n) is 6.70. The van der Waals surface area contributed by atoms with E-state index in [4.69, 9.17) is 9.72 Å². The molecule has 0 amide bonds. The topological polar surface area (TPSA) is 74.1 Å². The minimum absolute atomic E-state index is 0.274. The standard InChI is InChI=1S/C17H21N3O3S/c1-24(21,22)15-4-2-3-14(11-15)23-10-9-20-17(13-7-8-13)18-16(19-20)12-5-6-12/h2-4,11-13H,5-10H2,1H3. The number of sulfone groups is 1. The Morgan fingerprint density at radius 1 is 1.21 bits per heavy atom. The van der Waals surface area contributed by atoms with Crippen molar-refractivity contribution in [1.29, 1.82) is 0 Å². The van der Waals surface area contributed by atoms with Gasteiger partial charge in [0, 0.05) is 18.1 Å². The van der Waals surface area contributed by atoms with Crippen LogP contribution in [0.5, 0.6) is 5.75 Å². The van der Waals surface area contributed by atoms with Gasteiger partial charge in [-0.25, -0.2) is 18.1 Å². The van der Waals surface area contributed by atoms with Crippen molar-refractivity contribution in [3.63, 3.8) is 0 Å². The Bertz CT molecular complexity index is 852. The fourth-order valence-corrected chi connectivity index (χ4v) is 3.40. The van der Waals surface area contributed by atoms with E-state index in [0.717, 1.165) is 11.6 Å². The summed E-state index contributed by atoms with van der Waals surface area (Å²) >= 11 is 0. The van der Waals surface area contributed by atoms with Crippen LogP contribution in [0.25, 0.3) is 0 Å². The van der Waals surface area contributed by atoms with Crippen molar-refractivity contribution in [3.8, 4) is 5.75 Å². The van der Waals surface area contributed by atoms with Crippen LogP contribution in [0.15, 0.2) is 29.2 Å². The Hall–Kier alpha value is -1.89. The molecule has 0 N–H and O–H groups in total. The van der Waals surface area contributed by atoms with Gasteiger partial charge in [0.15, 0.2) is 15.7 Å². The zero-order chi connectivity index (χ0) is 16.7. The number of nitrogens with zero attached hydrogens (tertiary/aromatic N) is 3. The number of aromatic nitrogens is 3. The van der Waals surface area contributed by atoms with Crippen LogP contribution in [0.2, 0.25) is 0 Å². The Kier molecular flexibility index (Phi) is 3.83. The fraction of sp³-hybridized carbons (Fsp3) is 0.529. The first-order chi connectivity index (χ1) is 11.5. The lowest BCUT2D eigenvalue weighted by atomic mass is 10.3. The lowest BCUT2D eigenvalue weighted by Crippen LogP contribution is -2.12. The maximum atomic E-state index is 11.6. The summed E-state index contributed by atoms with van der Waals surface area (Å²) in [5.74, 6) is 3.74. The van der Waals surface area contributed by atoms with Gasteiger partial charge >= 0.3 is 0 Å². The third-order valence-corrected chi connectivity index (χ3v) is 5.52. The molecule has 2 aromatic rings. The molecule has 0 bridgehead atoms. The van der Waals surface area contributed by atoms with Gasteiger partial charge in [0.05, 0.1) is 11.4 Å². The Morgan fingerprint density at radius 2 is 1.96 bits per heavy atom. The number of hydrogen-bond acceptors (Lipinski definition) is 5. The highest BCUT2D eigenvalue weighted by molar-refractivity contribution is 7.90. The predicted molar refractivity (Wildman–Crippen MR) is 89.0 cm³/mol. The molecule has 2 fully saturated rings. The molecule has 1 aromatic carbocycles. The third kappa shape index (κ3) is 3.45. The highest BCUT2D eigenvalue weighted by Crippen LogP contribution is 2.42. The van der Waals surface area contributed by atoms with E-state index in [0.29, 0.717) is 30.7 Å². The molecule has 4 rings (SSSR count). The first-order valence-electron chi connectivity index (χ1n) is 8.38. The lowest BCUT2D eigenvalue weighted by molar-refractivity contribution is 0.287. The van der Waals surface area contributed by atoms with Crippen molar-refractivity contribution in [2.24, 2.45) is 0 Å². The smallest absolute Gasteiger partial charge is 0.175 e. The minimum Gasteiger partial charge on any atom is -0.492 e. The molecular formula is C17H21N3O3S. The first kappa shape index (κ1) is 15.6. The van der Waals surface area contributed by atoms with E-state index in [1.807, 2.05) is 4.68 Å². The highest BCUT2D eigenvalue weighted by atomic mass is 32.2. The molecule has 24 heavy (non-hydrogen) atoms. The number of rotatable bonds is 7. The van der Waals surface area contributed by atoms with Gasteiger partial charge in [-0.1, -0.05) is 6.07 Å². The zero-order valence-corrected chi connectivity index (χ0v) is 14.5. The summed E-state index contributed by atoms with van der Waals surface area (Å²) in [6.07, 6.45) is 5.98. The van der Waals surface area contributed by atoms with E-state index < -0.39 is 9.84 Å². The Morgan fingerprint density at radius 3 is 2.62 bits per heavy atom. The molecule has 7 heteroatoms. The summed E-state index contributed by atoms with van der Waals surface area (Å²) in [6.45, 7) is 1.08.